The molecule has 3 heterocycles. The van der Waals surface area contributed by atoms with Crippen LogP contribution in [0.15, 0.2) is 48.9 Å². The molecule has 5 nitrogen and oxygen atoms in total. The molecule has 1 aliphatic heterocycles. The number of hydrogen-bond donors (Lipinski definition) is 0. The molecular formula is C26H26F4N4O. The summed E-state index contributed by atoms with van der Waals surface area (Å²) in [5, 5.41) is 0. The number of amides is 1. The second kappa shape index (κ2) is 10.1. The number of hydrogen-bond acceptors (Lipinski definition) is 4. The Morgan fingerprint density at radius 1 is 1.14 bits per heavy atom. The summed E-state index contributed by atoms with van der Waals surface area (Å²) >= 11 is 0. The van der Waals surface area contributed by atoms with Crippen LogP contribution in [0.5, 0.6) is 0 Å². The van der Waals surface area contributed by atoms with E-state index in [0.29, 0.717) is 42.0 Å². The summed E-state index contributed by atoms with van der Waals surface area (Å²) in [5.41, 5.74) is 0.798. The summed E-state index contributed by atoms with van der Waals surface area (Å²) < 4.78 is 53.1. The Morgan fingerprint density at radius 2 is 1.89 bits per heavy atom. The molecule has 35 heavy (non-hydrogen) atoms. The molecule has 2 atom stereocenters. The monoisotopic (exact) mass is 486 g/mol. The fraction of sp³-hybridized carbons (Fsp3) is 0.385. The minimum Gasteiger partial charge on any atom is -0.335 e. The first-order valence-electron chi connectivity index (χ1n) is 11.6. The Bertz CT molecular complexity index is 1180. The van der Waals surface area contributed by atoms with Crippen LogP contribution in [0.25, 0.3) is 11.4 Å². The number of aryl methyl sites for hydroxylation is 2. The summed E-state index contributed by atoms with van der Waals surface area (Å²) in [5.74, 6) is -0.268. The van der Waals surface area contributed by atoms with E-state index >= 15 is 0 Å². The number of rotatable bonds is 5. The van der Waals surface area contributed by atoms with Gasteiger partial charge in [-0.25, -0.2) is 14.4 Å². The number of alkyl halides is 3. The number of likely N-dealkylation sites (tertiary alicyclic amines) is 1. The lowest BCUT2D eigenvalue weighted by Crippen LogP contribution is -2.48. The summed E-state index contributed by atoms with van der Waals surface area (Å²) in [7, 11) is 0. The third-order valence-corrected chi connectivity index (χ3v) is 6.56. The van der Waals surface area contributed by atoms with Crippen LogP contribution in [0.1, 0.15) is 53.4 Å². The molecule has 0 radical (unpaired) electrons. The van der Waals surface area contributed by atoms with E-state index < -0.39 is 17.6 Å². The zero-order valence-corrected chi connectivity index (χ0v) is 19.5. The molecule has 0 unspecified atom stereocenters. The van der Waals surface area contributed by atoms with Gasteiger partial charge in [0.1, 0.15) is 5.82 Å². The van der Waals surface area contributed by atoms with Gasteiger partial charge in [-0.2, -0.15) is 13.2 Å². The number of carbonyl (C=O) groups is 1. The predicted octanol–water partition coefficient (Wildman–Crippen LogP) is 5.88. The molecule has 1 fully saturated rings. The number of halogens is 4. The molecule has 9 heteroatoms. The first kappa shape index (κ1) is 24.8. The minimum atomic E-state index is -4.43. The number of piperidine rings is 1. The van der Waals surface area contributed by atoms with Crippen LogP contribution in [0, 0.1) is 18.7 Å². The van der Waals surface area contributed by atoms with E-state index in [2.05, 4.69) is 21.9 Å². The average Bonchev–Trinajstić information content (AvgIpc) is 2.84. The highest BCUT2D eigenvalue weighted by Crippen LogP contribution is 2.32. The molecular weight excluding hydrogens is 460 g/mol. The first-order valence-corrected chi connectivity index (χ1v) is 11.6. The number of nitrogens with zero attached hydrogens (tertiary/aromatic N) is 4. The minimum absolute atomic E-state index is 0.158. The van der Waals surface area contributed by atoms with E-state index in [1.807, 2.05) is 0 Å². The Hall–Kier alpha value is -3.36. The number of benzene rings is 1. The van der Waals surface area contributed by atoms with Crippen molar-refractivity contribution in [3.8, 4) is 11.4 Å². The molecule has 3 aromatic rings. The normalized spacial score (nSPS) is 18.5. The van der Waals surface area contributed by atoms with Gasteiger partial charge in [0.25, 0.3) is 5.91 Å². The molecule has 1 saturated heterocycles. The maximum Gasteiger partial charge on any atom is 0.417 e. The van der Waals surface area contributed by atoms with E-state index in [1.165, 1.54) is 12.1 Å². The highest BCUT2D eigenvalue weighted by molar-refractivity contribution is 6.00. The number of pyridine rings is 1. The van der Waals surface area contributed by atoms with Crippen LogP contribution in [0.4, 0.5) is 17.6 Å². The van der Waals surface area contributed by atoms with Gasteiger partial charge in [-0.15, -0.1) is 0 Å². The predicted molar refractivity (Wildman–Crippen MR) is 123 cm³/mol. The summed E-state index contributed by atoms with van der Waals surface area (Å²) in [6.45, 7) is 4.19. The van der Waals surface area contributed by atoms with Crippen molar-refractivity contribution in [3.63, 3.8) is 0 Å². The highest BCUT2D eigenvalue weighted by atomic mass is 19.4. The molecule has 1 aliphatic rings. The summed E-state index contributed by atoms with van der Waals surface area (Å²) in [6.07, 6.45) is 2.24. The van der Waals surface area contributed by atoms with E-state index in [-0.39, 0.29) is 23.4 Å². The van der Waals surface area contributed by atoms with E-state index in [0.717, 1.165) is 25.1 Å². The molecule has 0 saturated carbocycles. The second-order valence-electron chi connectivity index (χ2n) is 8.98. The maximum absolute atomic E-state index is 14.6. The van der Waals surface area contributed by atoms with Crippen molar-refractivity contribution in [2.24, 2.45) is 5.92 Å². The smallest absolute Gasteiger partial charge is 0.335 e. The van der Waals surface area contributed by atoms with E-state index in [4.69, 9.17) is 0 Å². The lowest BCUT2D eigenvalue weighted by Gasteiger charge is -2.40. The zero-order valence-electron chi connectivity index (χ0n) is 19.5. The standard InChI is InChI=1S/C26H26F4N4O/c1-16-5-3-12-34(23(16)9-8-19-7-6-18(15-33-19)26(28,29)30)25(35)21-14-22(27)17(2)13-20(21)24-31-10-4-11-32-24/h4,6-7,10-11,13-16,23H,3,5,8-9,12H2,1-2H3/t16-,23-/m1/s1. The molecule has 1 amide bonds. The van der Waals surface area contributed by atoms with Crippen molar-refractivity contribution in [3.05, 3.63) is 77.1 Å². The van der Waals surface area contributed by atoms with Crippen molar-refractivity contribution in [2.75, 3.05) is 6.54 Å². The Balaban J connectivity index is 1.60. The fourth-order valence-corrected chi connectivity index (χ4v) is 4.61. The average molecular weight is 487 g/mol. The first-order chi connectivity index (χ1) is 16.6. The lowest BCUT2D eigenvalue weighted by molar-refractivity contribution is -0.137. The molecule has 184 valence electrons. The molecule has 1 aromatic carbocycles. The van der Waals surface area contributed by atoms with E-state index in [9.17, 15) is 22.4 Å². The number of carbonyl (C=O) groups excluding carboxylic acids is 1. The topological polar surface area (TPSA) is 59.0 Å². The highest BCUT2D eigenvalue weighted by Gasteiger charge is 2.34. The Morgan fingerprint density at radius 3 is 2.54 bits per heavy atom. The van der Waals surface area contributed by atoms with Crippen molar-refractivity contribution >= 4 is 5.91 Å². The van der Waals surface area contributed by atoms with Crippen LogP contribution in [-0.2, 0) is 12.6 Å². The van der Waals surface area contributed by atoms with Crippen molar-refractivity contribution < 1.29 is 22.4 Å². The lowest BCUT2D eigenvalue weighted by atomic mass is 9.86. The van der Waals surface area contributed by atoms with Gasteiger partial charge in [0.2, 0.25) is 0 Å². The van der Waals surface area contributed by atoms with E-state index in [1.54, 1.807) is 36.4 Å². The third kappa shape index (κ3) is 5.49. The largest absolute Gasteiger partial charge is 0.417 e. The molecule has 0 spiro atoms. The van der Waals surface area contributed by atoms with Crippen LogP contribution in [0.3, 0.4) is 0 Å². The van der Waals surface area contributed by atoms with Crippen LogP contribution in [-0.4, -0.2) is 38.3 Å². The van der Waals surface area contributed by atoms with Gasteiger partial charge in [0.05, 0.1) is 11.1 Å². The van der Waals surface area contributed by atoms with Crippen LogP contribution in [0.2, 0.25) is 0 Å². The van der Waals surface area contributed by atoms with Crippen LogP contribution >= 0.6 is 0 Å². The van der Waals surface area contributed by atoms with Gasteiger partial charge in [0.15, 0.2) is 5.82 Å². The zero-order chi connectivity index (χ0) is 25.2. The van der Waals surface area contributed by atoms with Crippen molar-refractivity contribution in [1.82, 2.24) is 19.9 Å². The molecule has 0 N–H and O–H groups in total. The van der Waals surface area contributed by atoms with Gasteiger partial charge >= 0.3 is 6.18 Å². The van der Waals surface area contributed by atoms with Crippen molar-refractivity contribution in [1.29, 1.82) is 0 Å². The second-order valence-corrected chi connectivity index (χ2v) is 8.98. The third-order valence-electron chi connectivity index (χ3n) is 6.56. The SMILES string of the molecule is Cc1cc(-c2ncccn2)c(C(=O)N2CCC[C@@H](C)[C@H]2CCc2ccc(C(F)(F)F)cn2)cc1F. The summed E-state index contributed by atoms with van der Waals surface area (Å²) in [4.78, 5) is 28.0. The summed E-state index contributed by atoms with van der Waals surface area (Å²) in [6, 6.07) is 6.75. The van der Waals surface area contributed by atoms with Crippen molar-refractivity contribution in [2.45, 2.75) is 51.7 Å². The van der Waals surface area contributed by atoms with Gasteiger partial charge in [0, 0.05) is 42.4 Å². The number of aromatic nitrogens is 3. The van der Waals surface area contributed by atoms with Gasteiger partial charge in [-0.3, -0.25) is 9.78 Å². The van der Waals surface area contributed by atoms with Gasteiger partial charge < -0.3 is 4.90 Å². The molecule has 0 aliphatic carbocycles. The van der Waals surface area contributed by atoms with Gasteiger partial charge in [-0.1, -0.05) is 6.92 Å². The Kier molecular flexibility index (Phi) is 7.14. The van der Waals surface area contributed by atoms with Crippen LogP contribution < -0.4 is 0 Å². The maximum atomic E-state index is 14.6. The Labute approximate surface area is 201 Å². The molecule has 0 bridgehead atoms. The molecule has 2 aromatic heterocycles. The fourth-order valence-electron chi connectivity index (χ4n) is 4.61. The van der Waals surface area contributed by atoms with Gasteiger partial charge in [-0.05, 0) is 74.4 Å². The molecule has 4 rings (SSSR count). The quantitative estimate of drug-likeness (QED) is 0.423.